The van der Waals surface area contributed by atoms with Crippen LogP contribution in [0.1, 0.15) is 32.4 Å². The lowest BCUT2D eigenvalue weighted by molar-refractivity contribution is 0.287. The molecule has 0 saturated heterocycles. The quantitative estimate of drug-likeness (QED) is 0.810. The first kappa shape index (κ1) is 11.9. The Morgan fingerprint density at radius 3 is 2.27 bits per heavy atom. The van der Waals surface area contributed by atoms with Gasteiger partial charge in [0.25, 0.3) is 0 Å². The molecule has 1 aromatic carbocycles. The third-order valence-corrected chi connectivity index (χ3v) is 2.09. The van der Waals surface area contributed by atoms with Crippen molar-refractivity contribution >= 4 is 0 Å². The molecule has 84 valence electrons. The van der Waals surface area contributed by atoms with Crippen molar-refractivity contribution in [2.75, 3.05) is 13.2 Å². The van der Waals surface area contributed by atoms with Crippen LogP contribution in [0.5, 0.6) is 11.5 Å². The summed E-state index contributed by atoms with van der Waals surface area (Å²) in [6, 6.07) is 5.84. The van der Waals surface area contributed by atoms with Gasteiger partial charge in [0.05, 0.1) is 13.2 Å². The van der Waals surface area contributed by atoms with E-state index in [0.717, 1.165) is 17.1 Å². The number of ether oxygens (including phenoxy) is 2. The Morgan fingerprint density at radius 1 is 1.13 bits per heavy atom. The van der Waals surface area contributed by atoms with Crippen molar-refractivity contribution < 1.29 is 9.47 Å². The van der Waals surface area contributed by atoms with Crippen molar-refractivity contribution in [2.24, 2.45) is 5.73 Å². The summed E-state index contributed by atoms with van der Waals surface area (Å²) in [4.78, 5) is 0. The molecule has 0 aliphatic rings. The Morgan fingerprint density at radius 2 is 1.73 bits per heavy atom. The molecule has 0 amide bonds. The molecule has 0 fully saturated rings. The van der Waals surface area contributed by atoms with Crippen LogP contribution in [0.4, 0.5) is 0 Å². The van der Waals surface area contributed by atoms with E-state index in [1.165, 1.54) is 0 Å². The fraction of sp³-hybridized carbons (Fsp3) is 0.500. The van der Waals surface area contributed by atoms with Gasteiger partial charge in [-0.25, -0.2) is 0 Å². The highest BCUT2D eigenvalue weighted by molar-refractivity contribution is 5.43. The van der Waals surface area contributed by atoms with Crippen LogP contribution in [0, 0.1) is 0 Å². The molecule has 0 aromatic heterocycles. The summed E-state index contributed by atoms with van der Waals surface area (Å²) in [6.45, 7) is 7.12. The number of benzene rings is 1. The van der Waals surface area contributed by atoms with Crippen molar-refractivity contribution in [3.8, 4) is 11.5 Å². The number of nitrogens with two attached hydrogens (primary N) is 1. The zero-order valence-corrected chi connectivity index (χ0v) is 9.62. The van der Waals surface area contributed by atoms with E-state index in [2.05, 4.69) is 0 Å². The van der Waals surface area contributed by atoms with Gasteiger partial charge in [-0.3, -0.25) is 0 Å². The third-order valence-electron chi connectivity index (χ3n) is 2.09. The van der Waals surface area contributed by atoms with Gasteiger partial charge in [-0.1, -0.05) is 6.07 Å². The Bertz CT molecular complexity index is 310. The SMILES string of the molecule is CCOc1ccc([C@H](C)N)cc1OCC. The van der Waals surface area contributed by atoms with Gasteiger partial charge in [-0.15, -0.1) is 0 Å². The monoisotopic (exact) mass is 209 g/mol. The molecule has 0 radical (unpaired) electrons. The number of hydrogen-bond acceptors (Lipinski definition) is 3. The minimum atomic E-state index is 0.0138. The summed E-state index contributed by atoms with van der Waals surface area (Å²) >= 11 is 0. The summed E-state index contributed by atoms with van der Waals surface area (Å²) < 4.78 is 11.0. The zero-order chi connectivity index (χ0) is 11.3. The van der Waals surface area contributed by atoms with Crippen molar-refractivity contribution in [2.45, 2.75) is 26.8 Å². The van der Waals surface area contributed by atoms with E-state index < -0.39 is 0 Å². The van der Waals surface area contributed by atoms with E-state index >= 15 is 0 Å². The number of hydrogen-bond donors (Lipinski definition) is 1. The average Bonchev–Trinajstić information content (AvgIpc) is 2.21. The fourth-order valence-corrected chi connectivity index (χ4v) is 1.35. The normalized spacial score (nSPS) is 12.3. The highest BCUT2D eigenvalue weighted by Crippen LogP contribution is 2.30. The van der Waals surface area contributed by atoms with Gasteiger partial charge in [0.15, 0.2) is 11.5 Å². The lowest BCUT2D eigenvalue weighted by Crippen LogP contribution is -2.06. The summed E-state index contributed by atoms with van der Waals surface area (Å²) in [5.41, 5.74) is 6.86. The molecule has 0 heterocycles. The van der Waals surface area contributed by atoms with Crippen LogP contribution < -0.4 is 15.2 Å². The molecule has 0 unspecified atom stereocenters. The topological polar surface area (TPSA) is 44.5 Å². The van der Waals surface area contributed by atoms with Gasteiger partial charge < -0.3 is 15.2 Å². The highest BCUT2D eigenvalue weighted by Gasteiger charge is 2.07. The molecule has 2 N–H and O–H groups in total. The van der Waals surface area contributed by atoms with Crippen molar-refractivity contribution in [3.63, 3.8) is 0 Å². The largest absolute Gasteiger partial charge is 0.490 e. The Labute approximate surface area is 91.2 Å². The number of rotatable bonds is 5. The van der Waals surface area contributed by atoms with Gasteiger partial charge in [-0.05, 0) is 38.5 Å². The summed E-state index contributed by atoms with van der Waals surface area (Å²) in [5, 5.41) is 0. The Balaban J connectivity index is 2.97. The first-order chi connectivity index (χ1) is 7.19. The Hall–Kier alpha value is -1.22. The molecule has 3 nitrogen and oxygen atoms in total. The second-order valence-electron chi connectivity index (χ2n) is 3.36. The average molecular weight is 209 g/mol. The minimum Gasteiger partial charge on any atom is -0.490 e. The van der Waals surface area contributed by atoms with Crippen molar-refractivity contribution in [1.82, 2.24) is 0 Å². The van der Waals surface area contributed by atoms with Crippen LogP contribution in [-0.4, -0.2) is 13.2 Å². The van der Waals surface area contributed by atoms with E-state index in [9.17, 15) is 0 Å². The van der Waals surface area contributed by atoms with Crippen LogP contribution >= 0.6 is 0 Å². The van der Waals surface area contributed by atoms with Crippen LogP contribution in [0.25, 0.3) is 0 Å². The molecular formula is C12H19NO2. The van der Waals surface area contributed by atoms with Crippen LogP contribution in [0.15, 0.2) is 18.2 Å². The fourth-order valence-electron chi connectivity index (χ4n) is 1.35. The van der Waals surface area contributed by atoms with E-state index in [-0.39, 0.29) is 6.04 Å². The minimum absolute atomic E-state index is 0.0138. The van der Waals surface area contributed by atoms with E-state index in [4.69, 9.17) is 15.2 Å². The van der Waals surface area contributed by atoms with Gasteiger partial charge in [0.1, 0.15) is 0 Å². The molecule has 0 bridgehead atoms. The maximum atomic E-state index is 5.81. The zero-order valence-electron chi connectivity index (χ0n) is 9.62. The van der Waals surface area contributed by atoms with Crippen molar-refractivity contribution in [1.29, 1.82) is 0 Å². The first-order valence-electron chi connectivity index (χ1n) is 5.34. The summed E-state index contributed by atoms with van der Waals surface area (Å²) in [6.07, 6.45) is 0. The maximum Gasteiger partial charge on any atom is 0.161 e. The smallest absolute Gasteiger partial charge is 0.161 e. The van der Waals surface area contributed by atoms with Crippen LogP contribution in [0.2, 0.25) is 0 Å². The predicted octanol–water partition coefficient (Wildman–Crippen LogP) is 2.50. The van der Waals surface area contributed by atoms with Gasteiger partial charge in [-0.2, -0.15) is 0 Å². The third kappa shape index (κ3) is 3.13. The van der Waals surface area contributed by atoms with Crippen LogP contribution in [0.3, 0.4) is 0 Å². The van der Waals surface area contributed by atoms with Gasteiger partial charge in [0.2, 0.25) is 0 Å². The molecular weight excluding hydrogens is 190 g/mol. The van der Waals surface area contributed by atoms with Gasteiger partial charge >= 0.3 is 0 Å². The molecule has 0 aliphatic heterocycles. The molecule has 0 aliphatic carbocycles. The Kier molecular flexibility index (Phi) is 4.43. The molecule has 1 aromatic rings. The second-order valence-corrected chi connectivity index (χ2v) is 3.36. The molecule has 3 heteroatoms. The first-order valence-corrected chi connectivity index (χ1v) is 5.34. The highest BCUT2D eigenvalue weighted by atomic mass is 16.5. The standard InChI is InChI=1S/C12H19NO2/c1-4-14-11-7-6-10(9(3)13)8-12(11)15-5-2/h6-9H,4-5,13H2,1-3H3/t9-/m0/s1. The van der Waals surface area contributed by atoms with E-state index in [0.29, 0.717) is 13.2 Å². The molecule has 0 saturated carbocycles. The molecule has 15 heavy (non-hydrogen) atoms. The van der Waals surface area contributed by atoms with E-state index in [1.807, 2.05) is 39.0 Å². The lowest BCUT2D eigenvalue weighted by Gasteiger charge is -2.13. The van der Waals surface area contributed by atoms with Crippen molar-refractivity contribution in [3.05, 3.63) is 23.8 Å². The van der Waals surface area contributed by atoms with Gasteiger partial charge in [0, 0.05) is 6.04 Å². The van der Waals surface area contributed by atoms with Crippen LogP contribution in [-0.2, 0) is 0 Å². The predicted molar refractivity (Wildman–Crippen MR) is 61.4 cm³/mol. The lowest BCUT2D eigenvalue weighted by atomic mass is 10.1. The molecule has 1 atom stereocenters. The maximum absolute atomic E-state index is 5.81. The van der Waals surface area contributed by atoms with E-state index in [1.54, 1.807) is 0 Å². The second kappa shape index (κ2) is 5.61. The summed E-state index contributed by atoms with van der Waals surface area (Å²) in [5.74, 6) is 1.55. The molecule has 0 spiro atoms. The summed E-state index contributed by atoms with van der Waals surface area (Å²) in [7, 11) is 0. The molecule has 1 rings (SSSR count).